The number of carbonyl (C=O) groups excluding carboxylic acids is 1. The molecule has 4 rings (SSSR count). The van der Waals surface area contributed by atoms with Crippen molar-refractivity contribution >= 4 is 19.9 Å². The van der Waals surface area contributed by atoms with E-state index in [4.69, 9.17) is 13.9 Å². The monoisotopic (exact) mass is 453 g/mol. The second kappa shape index (κ2) is 8.91. The number of ether oxygens (including phenoxy) is 2. The van der Waals surface area contributed by atoms with Crippen molar-refractivity contribution in [2.75, 3.05) is 18.1 Å². The Morgan fingerprint density at radius 2 is 1.69 bits per heavy atom. The van der Waals surface area contributed by atoms with Gasteiger partial charge in [0.05, 0.1) is 25.7 Å². The summed E-state index contributed by atoms with van der Waals surface area (Å²) < 4.78 is 18.3. The second-order valence-electron chi connectivity index (χ2n) is 10.5. The van der Waals surface area contributed by atoms with Crippen LogP contribution < -0.4 is 14.4 Å². The van der Waals surface area contributed by atoms with Gasteiger partial charge in [0.15, 0.2) is 8.32 Å². The molecule has 0 aromatic heterocycles. The lowest BCUT2D eigenvalue weighted by molar-refractivity contribution is -0.117. The van der Waals surface area contributed by atoms with Crippen LogP contribution in [0.1, 0.15) is 40.0 Å². The van der Waals surface area contributed by atoms with E-state index in [2.05, 4.69) is 33.9 Å². The van der Waals surface area contributed by atoms with E-state index in [-0.39, 0.29) is 17.0 Å². The van der Waals surface area contributed by atoms with Crippen LogP contribution in [0.2, 0.25) is 18.1 Å². The lowest BCUT2D eigenvalue weighted by Gasteiger charge is -2.38. The molecule has 0 radical (unpaired) electrons. The highest BCUT2D eigenvalue weighted by Gasteiger charge is 2.42. The number of carbonyl (C=O) groups is 1. The van der Waals surface area contributed by atoms with Crippen molar-refractivity contribution < 1.29 is 18.7 Å². The van der Waals surface area contributed by atoms with E-state index in [0.29, 0.717) is 18.9 Å². The Labute approximate surface area is 192 Å². The van der Waals surface area contributed by atoms with Crippen molar-refractivity contribution in [3.8, 4) is 17.2 Å². The maximum absolute atomic E-state index is 12.7. The fraction of sp³-hybridized carbons (Fsp3) is 0.500. The molecule has 0 unspecified atom stereocenters. The van der Waals surface area contributed by atoms with Crippen molar-refractivity contribution in [1.29, 1.82) is 0 Å². The molecule has 0 spiro atoms. The largest absolute Gasteiger partial charge is 0.493 e. The average Bonchev–Trinajstić information content (AvgIpc) is 3.48. The number of hydrogen-bond donors (Lipinski definition) is 0. The third kappa shape index (κ3) is 5.53. The SMILES string of the molecule is CC(C)(C)[Si](C)(C)O[C@@H]1CC(=O)N(c2ccc(Oc3cccc(OCC4CC4)c3)cc2)C1. The Kier molecular flexibility index (Phi) is 6.36. The predicted molar refractivity (Wildman–Crippen MR) is 130 cm³/mol. The maximum Gasteiger partial charge on any atom is 0.229 e. The summed E-state index contributed by atoms with van der Waals surface area (Å²) in [4.78, 5) is 14.5. The highest BCUT2D eigenvalue weighted by atomic mass is 28.4. The first-order valence-electron chi connectivity index (χ1n) is 11.6. The maximum atomic E-state index is 12.7. The fourth-order valence-electron chi connectivity index (χ4n) is 3.55. The van der Waals surface area contributed by atoms with Gasteiger partial charge in [-0.15, -0.1) is 0 Å². The van der Waals surface area contributed by atoms with E-state index >= 15 is 0 Å². The second-order valence-corrected chi connectivity index (χ2v) is 15.3. The molecule has 5 nitrogen and oxygen atoms in total. The van der Waals surface area contributed by atoms with Crippen molar-refractivity contribution in [3.63, 3.8) is 0 Å². The molecule has 2 aliphatic rings. The summed E-state index contributed by atoms with van der Waals surface area (Å²) in [6, 6.07) is 15.4. The van der Waals surface area contributed by atoms with Crippen molar-refractivity contribution in [1.82, 2.24) is 0 Å². The zero-order chi connectivity index (χ0) is 22.9. The lowest BCUT2D eigenvalue weighted by atomic mass is 10.2. The Morgan fingerprint density at radius 1 is 1.00 bits per heavy atom. The molecule has 2 aromatic carbocycles. The molecule has 1 amide bonds. The number of anilines is 1. The molecule has 1 atom stereocenters. The van der Waals surface area contributed by atoms with Gasteiger partial charge in [-0.1, -0.05) is 26.8 Å². The van der Waals surface area contributed by atoms with Gasteiger partial charge < -0.3 is 18.8 Å². The topological polar surface area (TPSA) is 48.0 Å². The van der Waals surface area contributed by atoms with E-state index in [1.165, 1.54) is 12.8 Å². The molecule has 2 aromatic rings. The molecular formula is C26H35NO4Si. The van der Waals surface area contributed by atoms with Gasteiger partial charge in [0, 0.05) is 11.8 Å². The molecule has 1 heterocycles. The predicted octanol–water partition coefficient (Wildman–Crippen LogP) is 6.39. The molecule has 1 aliphatic carbocycles. The Balaban J connectivity index is 1.36. The van der Waals surface area contributed by atoms with Crippen LogP contribution in [-0.2, 0) is 9.22 Å². The van der Waals surface area contributed by atoms with Crippen molar-refractivity contribution in [2.45, 2.75) is 64.3 Å². The lowest BCUT2D eigenvalue weighted by Crippen LogP contribution is -2.44. The van der Waals surface area contributed by atoms with Crippen LogP contribution in [-0.4, -0.2) is 33.5 Å². The third-order valence-electron chi connectivity index (χ3n) is 6.73. The van der Waals surface area contributed by atoms with Gasteiger partial charge in [-0.3, -0.25) is 4.79 Å². The number of amides is 1. The first-order valence-corrected chi connectivity index (χ1v) is 14.5. The van der Waals surface area contributed by atoms with Gasteiger partial charge >= 0.3 is 0 Å². The minimum Gasteiger partial charge on any atom is -0.493 e. The van der Waals surface area contributed by atoms with Gasteiger partial charge in [-0.05, 0) is 73.3 Å². The van der Waals surface area contributed by atoms with Crippen LogP contribution >= 0.6 is 0 Å². The number of benzene rings is 2. The van der Waals surface area contributed by atoms with Gasteiger partial charge in [0.2, 0.25) is 5.91 Å². The Bertz CT molecular complexity index is 947. The molecule has 1 aliphatic heterocycles. The van der Waals surface area contributed by atoms with E-state index in [9.17, 15) is 4.79 Å². The normalized spacial score (nSPS) is 19.3. The number of hydrogen-bond acceptors (Lipinski definition) is 4. The van der Waals surface area contributed by atoms with E-state index < -0.39 is 8.32 Å². The van der Waals surface area contributed by atoms with Crippen LogP contribution in [0.25, 0.3) is 0 Å². The molecular weight excluding hydrogens is 418 g/mol. The smallest absolute Gasteiger partial charge is 0.229 e. The highest BCUT2D eigenvalue weighted by molar-refractivity contribution is 6.74. The zero-order valence-electron chi connectivity index (χ0n) is 19.9. The Hall–Kier alpha value is -2.31. The van der Waals surface area contributed by atoms with Crippen LogP contribution in [0.15, 0.2) is 48.5 Å². The minimum absolute atomic E-state index is 0.0438. The molecule has 0 bridgehead atoms. The van der Waals surface area contributed by atoms with E-state index in [0.717, 1.165) is 29.5 Å². The minimum atomic E-state index is -1.91. The highest BCUT2D eigenvalue weighted by Crippen LogP contribution is 2.39. The first kappa shape index (κ1) is 22.9. The van der Waals surface area contributed by atoms with Gasteiger partial charge in [0.25, 0.3) is 0 Å². The quantitative estimate of drug-likeness (QED) is 0.434. The van der Waals surface area contributed by atoms with E-state index in [1.54, 1.807) is 0 Å². The van der Waals surface area contributed by atoms with Crippen LogP contribution in [0, 0.1) is 5.92 Å². The first-order chi connectivity index (χ1) is 15.1. The van der Waals surface area contributed by atoms with Crippen molar-refractivity contribution in [3.05, 3.63) is 48.5 Å². The summed E-state index contributed by atoms with van der Waals surface area (Å²) in [6.45, 7) is 12.5. The van der Waals surface area contributed by atoms with Crippen LogP contribution in [0.5, 0.6) is 17.2 Å². The summed E-state index contributed by atoms with van der Waals surface area (Å²) in [5, 5.41) is 0.128. The van der Waals surface area contributed by atoms with Gasteiger partial charge in [-0.25, -0.2) is 0 Å². The van der Waals surface area contributed by atoms with Gasteiger partial charge in [-0.2, -0.15) is 0 Å². The third-order valence-corrected chi connectivity index (χ3v) is 11.3. The molecule has 6 heteroatoms. The fourth-order valence-corrected chi connectivity index (χ4v) is 4.90. The van der Waals surface area contributed by atoms with Crippen LogP contribution in [0.4, 0.5) is 5.69 Å². The molecule has 1 saturated heterocycles. The van der Waals surface area contributed by atoms with E-state index in [1.807, 2.05) is 53.4 Å². The summed E-state index contributed by atoms with van der Waals surface area (Å²) in [5.41, 5.74) is 0.880. The number of nitrogens with zero attached hydrogens (tertiary/aromatic N) is 1. The zero-order valence-corrected chi connectivity index (χ0v) is 20.9. The average molecular weight is 454 g/mol. The van der Waals surface area contributed by atoms with Crippen molar-refractivity contribution in [2.24, 2.45) is 5.92 Å². The Morgan fingerprint density at radius 3 is 2.34 bits per heavy atom. The number of rotatable bonds is 8. The van der Waals surface area contributed by atoms with Crippen LogP contribution in [0.3, 0.4) is 0 Å². The summed E-state index contributed by atoms with van der Waals surface area (Å²) in [7, 11) is -1.91. The summed E-state index contributed by atoms with van der Waals surface area (Å²) in [6.07, 6.45) is 2.94. The van der Waals surface area contributed by atoms with Gasteiger partial charge in [0.1, 0.15) is 17.2 Å². The standard InChI is InChI=1S/C26H35NO4Si/c1-26(2,3)32(4,5)31-24-16-25(28)27(17-24)20-11-13-21(14-12-20)30-23-8-6-7-22(15-23)29-18-19-9-10-19/h6-8,11-15,19,24H,9-10,16-18H2,1-5H3/t24-/m1/s1. The molecule has 172 valence electrons. The summed E-state index contributed by atoms with van der Waals surface area (Å²) >= 11 is 0. The molecule has 2 fully saturated rings. The molecule has 0 N–H and O–H groups in total. The molecule has 32 heavy (non-hydrogen) atoms. The summed E-state index contributed by atoms with van der Waals surface area (Å²) in [5.74, 6) is 3.14. The molecule has 1 saturated carbocycles.